The topological polar surface area (TPSA) is 0 Å². The zero-order valence-corrected chi connectivity index (χ0v) is 20.9. The third-order valence-electron chi connectivity index (χ3n) is 11.5. The highest BCUT2D eigenvalue weighted by atomic mass is 14.5. The van der Waals surface area contributed by atoms with E-state index in [4.69, 9.17) is 0 Å². The number of unbranched alkanes of at least 4 members (excludes halogenated alkanes) is 1. The van der Waals surface area contributed by atoms with Crippen LogP contribution in [0.2, 0.25) is 0 Å². The fourth-order valence-corrected chi connectivity index (χ4v) is 9.61. The van der Waals surface area contributed by atoms with Gasteiger partial charge in [0, 0.05) is 0 Å². The highest BCUT2D eigenvalue weighted by Gasteiger charge is 2.40. The first-order chi connectivity index (χ1) is 15.3. The highest BCUT2D eigenvalue weighted by molar-refractivity contribution is 4.91. The molecule has 7 atom stereocenters. The van der Waals surface area contributed by atoms with Crippen molar-refractivity contribution in [2.75, 3.05) is 0 Å². The second-order valence-electron chi connectivity index (χ2n) is 13.3. The summed E-state index contributed by atoms with van der Waals surface area (Å²) in [7, 11) is 0. The molecule has 5 aliphatic carbocycles. The summed E-state index contributed by atoms with van der Waals surface area (Å²) in [4.78, 5) is 0. The van der Waals surface area contributed by atoms with Crippen LogP contribution in [0.25, 0.3) is 0 Å². The molecule has 178 valence electrons. The van der Waals surface area contributed by atoms with Crippen molar-refractivity contribution in [3.8, 4) is 0 Å². The molecule has 5 aliphatic rings. The maximum Gasteiger partial charge on any atom is -0.0383 e. The van der Waals surface area contributed by atoms with Crippen molar-refractivity contribution in [2.24, 2.45) is 47.3 Å². The highest BCUT2D eigenvalue weighted by Crippen LogP contribution is 2.51. The predicted molar refractivity (Wildman–Crippen MR) is 134 cm³/mol. The Balaban J connectivity index is 1.05. The van der Waals surface area contributed by atoms with Crippen LogP contribution in [0.4, 0.5) is 0 Å². The minimum absolute atomic E-state index is 1.10. The van der Waals surface area contributed by atoms with Crippen LogP contribution in [0.5, 0.6) is 0 Å². The molecular formula is C31H54. The molecule has 5 rings (SSSR count). The first kappa shape index (κ1) is 22.8. The molecule has 5 saturated carbocycles. The summed E-state index contributed by atoms with van der Waals surface area (Å²) < 4.78 is 0. The molecule has 0 aliphatic heterocycles. The fraction of sp³-hybridized carbons (Fsp3) is 1.00. The number of rotatable bonds is 6. The molecule has 0 nitrogen and oxygen atoms in total. The van der Waals surface area contributed by atoms with E-state index in [1.807, 2.05) is 0 Å². The van der Waals surface area contributed by atoms with Gasteiger partial charge in [-0.3, -0.25) is 0 Å². The predicted octanol–water partition coefficient (Wildman–Crippen LogP) is 9.96. The van der Waals surface area contributed by atoms with Crippen LogP contribution < -0.4 is 0 Å². The van der Waals surface area contributed by atoms with Gasteiger partial charge in [-0.2, -0.15) is 0 Å². The summed E-state index contributed by atoms with van der Waals surface area (Å²) in [5, 5.41) is 0. The average molecular weight is 427 g/mol. The molecular weight excluding hydrogens is 372 g/mol. The van der Waals surface area contributed by atoms with E-state index in [0.29, 0.717) is 0 Å². The van der Waals surface area contributed by atoms with E-state index in [2.05, 4.69) is 0 Å². The molecule has 0 radical (unpaired) electrons. The van der Waals surface area contributed by atoms with Crippen LogP contribution in [-0.2, 0) is 0 Å². The number of hydrogen-bond donors (Lipinski definition) is 0. The summed E-state index contributed by atoms with van der Waals surface area (Å²) in [6.45, 7) is 0. The van der Waals surface area contributed by atoms with Gasteiger partial charge in [0.15, 0.2) is 0 Å². The zero-order valence-electron chi connectivity index (χ0n) is 20.9. The second-order valence-corrected chi connectivity index (χ2v) is 13.3. The van der Waals surface area contributed by atoms with Gasteiger partial charge in [0.1, 0.15) is 0 Å². The lowest BCUT2D eigenvalue weighted by Gasteiger charge is -2.42. The Kier molecular flexibility index (Phi) is 8.39. The quantitative estimate of drug-likeness (QED) is 0.370. The molecule has 31 heavy (non-hydrogen) atoms. The molecule has 0 N–H and O–H groups in total. The van der Waals surface area contributed by atoms with Gasteiger partial charge >= 0.3 is 0 Å². The molecule has 0 heteroatoms. The maximum absolute atomic E-state index is 1.64. The largest absolute Gasteiger partial charge is 0.0533 e. The standard InChI is InChI=1S/C31H54/c1-2-9-24(10-3-1)11-4-5-12-25-13-8-16-27(21-25)29-19-20-31-22-28-15-7-6-14-26(28)17-18-30(31)23-29/h24-31H,1-23H2. The first-order valence-electron chi connectivity index (χ1n) is 15.3. The lowest BCUT2D eigenvalue weighted by Crippen LogP contribution is -2.31. The van der Waals surface area contributed by atoms with Crippen molar-refractivity contribution in [2.45, 2.75) is 148 Å². The van der Waals surface area contributed by atoms with Gasteiger partial charge in [-0.05, 0) is 92.3 Å². The van der Waals surface area contributed by atoms with Crippen molar-refractivity contribution in [3.63, 3.8) is 0 Å². The van der Waals surface area contributed by atoms with E-state index >= 15 is 0 Å². The SMILES string of the molecule is C1CCC(CCCCC2CCCC(C3CCC4CC5CCCCC5CCC4C3)C2)CC1. The van der Waals surface area contributed by atoms with Crippen LogP contribution >= 0.6 is 0 Å². The van der Waals surface area contributed by atoms with Crippen molar-refractivity contribution in [1.82, 2.24) is 0 Å². The van der Waals surface area contributed by atoms with E-state index in [1.54, 1.807) is 128 Å². The monoisotopic (exact) mass is 426 g/mol. The van der Waals surface area contributed by atoms with E-state index in [1.165, 1.54) is 19.3 Å². The van der Waals surface area contributed by atoms with Gasteiger partial charge < -0.3 is 0 Å². The summed E-state index contributed by atoms with van der Waals surface area (Å²) >= 11 is 0. The van der Waals surface area contributed by atoms with Gasteiger partial charge in [0.25, 0.3) is 0 Å². The Morgan fingerprint density at radius 1 is 0.323 bits per heavy atom. The van der Waals surface area contributed by atoms with E-state index < -0.39 is 0 Å². The molecule has 0 bridgehead atoms. The Morgan fingerprint density at radius 2 is 0.774 bits per heavy atom. The van der Waals surface area contributed by atoms with Gasteiger partial charge in [0.2, 0.25) is 0 Å². The van der Waals surface area contributed by atoms with Gasteiger partial charge in [-0.25, -0.2) is 0 Å². The number of hydrogen-bond acceptors (Lipinski definition) is 0. The Labute approximate surface area is 195 Å². The Morgan fingerprint density at radius 3 is 1.48 bits per heavy atom. The second kappa shape index (κ2) is 11.4. The normalized spacial score (nSPS) is 42.4. The Hall–Kier alpha value is 0. The van der Waals surface area contributed by atoms with Crippen molar-refractivity contribution < 1.29 is 0 Å². The molecule has 0 saturated heterocycles. The summed E-state index contributed by atoms with van der Waals surface area (Å²) in [6, 6.07) is 0. The van der Waals surface area contributed by atoms with Crippen LogP contribution in [0.15, 0.2) is 0 Å². The van der Waals surface area contributed by atoms with Gasteiger partial charge in [-0.15, -0.1) is 0 Å². The first-order valence-corrected chi connectivity index (χ1v) is 15.3. The molecule has 7 unspecified atom stereocenters. The molecule has 0 amide bonds. The summed E-state index contributed by atoms with van der Waals surface area (Å²) in [5.41, 5.74) is 0. The van der Waals surface area contributed by atoms with Crippen molar-refractivity contribution in [3.05, 3.63) is 0 Å². The van der Waals surface area contributed by atoms with Crippen LogP contribution in [0, 0.1) is 47.3 Å². The summed E-state index contributed by atoms with van der Waals surface area (Å²) in [6.07, 6.45) is 36.2. The van der Waals surface area contributed by atoms with Crippen LogP contribution in [0.3, 0.4) is 0 Å². The minimum Gasteiger partial charge on any atom is -0.0533 e. The maximum atomic E-state index is 1.64. The lowest BCUT2D eigenvalue weighted by molar-refractivity contribution is 0.0869. The molecule has 0 aromatic heterocycles. The molecule has 0 heterocycles. The molecule has 0 spiro atoms. The third kappa shape index (κ3) is 6.12. The smallest absolute Gasteiger partial charge is 0.0383 e. The zero-order chi connectivity index (χ0) is 20.9. The number of fused-ring (bicyclic) bond motifs is 2. The molecule has 5 fully saturated rings. The van der Waals surface area contributed by atoms with E-state index in [-0.39, 0.29) is 0 Å². The van der Waals surface area contributed by atoms with Crippen molar-refractivity contribution in [1.29, 1.82) is 0 Å². The van der Waals surface area contributed by atoms with Gasteiger partial charge in [-0.1, -0.05) is 103 Å². The molecule has 0 aromatic rings. The third-order valence-corrected chi connectivity index (χ3v) is 11.5. The van der Waals surface area contributed by atoms with E-state index in [9.17, 15) is 0 Å². The van der Waals surface area contributed by atoms with Crippen molar-refractivity contribution >= 4 is 0 Å². The van der Waals surface area contributed by atoms with E-state index in [0.717, 1.165) is 47.3 Å². The molecule has 0 aromatic carbocycles. The average Bonchev–Trinajstić information content (AvgIpc) is 3.01. The summed E-state index contributed by atoms with van der Waals surface area (Å²) in [5.74, 6) is 8.95. The lowest BCUT2D eigenvalue weighted by atomic mass is 9.63. The van der Waals surface area contributed by atoms with Gasteiger partial charge in [0.05, 0.1) is 0 Å². The van der Waals surface area contributed by atoms with Crippen LogP contribution in [0.1, 0.15) is 148 Å². The Bertz CT molecular complexity index is 516. The fourth-order valence-electron chi connectivity index (χ4n) is 9.61. The minimum atomic E-state index is 1.10. The van der Waals surface area contributed by atoms with Crippen LogP contribution in [-0.4, -0.2) is 0 Å².